The third-order valence-corrected chi connectivity index (χ3v) is 2.73. The van der Waals surface area contributed by atoms with Crippen molar-refractivity contribution in [1.82, 2.24) is 0 Å². The van der Waals surface area contributed by atoms with Gasteiger partial charge in [-0.3, -0.25) is 0 Å². The van der Waals surface area contributed by atoms with E-state index in [9.17, 15) is 9.90 Å². The number of anilines is 1. The lowest BCUT2D eigenvalue weighted by Gasteiger charge is -2.24. The molecule has 1 aromatic rings. The normalized spacial score (nSPS) is 20.5. The summed E-state index contributed by atoms with van der Waals surface area (Å²) in [4.78, 5) is 12.7. The van der Waals surface area contributed by atoms with Gasteiger partial charge >= 0.3 is 5.97 Å². The molecular formula is C11H13NO3. The third-order valence-electron chi connectivity index (χ3n) is 2.73. The highest BCUT2D eigenvalue weighted by Crippen LogP contribution is 2.32. The van der Waals surface area contributed by atoms with Gasteiger partial charge in [-0.2, -0.15) is 0 Å². The summed E-state index contributed by atoms with van der Waals surface area (Å²) >= 11 is 0. The van der Waals surface area contributed by atoms with Crippen LogP contribution in [0.2, 0.25) is 0 Å². The van der Waals surface area contributed by atoms with Crippen molar-refractivity contribution in [3.63, 3.8) is 0 Å². The Morgan fingerprint density at radius 1 is 1.40 bits per heavy atom. The first-order valence-corrected chi connectivity index (χ1v) is 4.97. The molecule has 15 heavy (non-hydrogen) atoms. The maximum atomic E-state index is 11.0. The Morgan fingerprint density at radius 2 is 2.13 bits per heavy atom. The molecule has 0 amide bonds. The fraction of sp³-hybridized carbons (Fsp3) is 0.364. The number of aromatic hydroxyl groups is 1. The van der Waals surface area contributed by atoms with Gasteiger partial charge in [0, 0.05) is 6.54 Å². The zero-order chi connectivity index (χ0) is 10.8. The quantitative estimate of drug-likeness (QED) is 0.770. The van der Waals surface area contributed by atoms with Gasteiger partial charge < -0.3 is 15.1 Å². The lowest BCUT2D eigenvalue weighted by Crippen LogP contribution is -2.35. The van der Waals surface area contributed by atoms with Crippen molar-refractivity contribution in [2.24, 2.45) is 0 Å². The maximum Gasteiger partial charge on any atom is 0.326 e. The minimum Gasteiger partial charge on any atom is -0.506 e. The minimum absolute atomic E-state index is 0.144. The predicted molar refractivity (Wildman–Crippen MR) is 56.1 cm³/mol. The number of carbonyl (C=O) groups is 1. The van der Waals surface area contributed by atoms with Gasteiger partial charge in [0.2, 0.25) is 0 Å². The fourth-order valence-electron chi connectivity index (χ4n) is 2.02. The predicted octanol–water partition coefficient (Wildman–Crippen LogP) is 1.45. The lowest BCUT2D eigenvalue weighted by molar-refractivity contribution is -0.138. The molecule has 0 aliphatic carbocycles. The molecule has 2 rings (SSSR count). The number of carboxylic acids is 1. The van der Waals surface area contributed by atoms with Crippen molar-refractivity contribution in [2.45, 2.75) is 18.9 Å². The summed E-state index contributed by atoms with van der Waals surface area (Å²) in [5.41, 5.74) is 0.613. The van der Waals surface area contributed by atoms with Gasteiger partial charge in [0.25, 0.3) is 0 Å². The summed E-state index contributed by atoms with van der Waals surface area (Å²) < 4.78 is 0. The second kappa shape index (κ2) is 3.81. The van der Waals surface area contributed by atoms with E-state index in [2.05, 4.69) is 0 Å². The lowest BCUT2D eigenvalue weighted by atomic mass is 10.2. The highest BCUT2D eigenvalue weighted by Gasteiger charge is 2.31. The molecule has 1 aromatic carbocycles. The van der Waals surface area contributed by atoms with Crippen LogP contribution < -0.4 is 4.90 Å². The Balaban J connectivity index is 2.30. The Morgan fingerprint density at radius 3 is 2.80 bits per heavy atom. The number of aliphatic carboxylic acids is 1. The molecule has 80 valence electrons. The standard InChI is InChI=1S/C11H13NO3/c13-10-6-2-1-4-8(10)12-7-3-5-9(12)11(14)15/h1-2,4,6,9,13H,3,5,7H2,(H,14,15). The summed E-state index contributed by atoms with van der Waals surface area (Å²) in [7, 11) is 0. The zero-order valence-corrected chi connectivity index (χ0v) is 8.26. The molecule has 1 atom stereocenters. The van der Waals surface area contributed by atoms with Crippen molar-refractivity contribution in [3.8, 4) is 5.75 Å². The number of phenols is 1. The first-order chi connectivity index (χ1) is 7.20. The van der Waals surface area contributed by atoms with Crippen LogP contribution >= 0.6 is 0 Å². The van der Waals surface area contributed by atoms with Crippen LogP contribution in [0.4, 0.5) is 5.69 Å². The van der Waals surface area contributed by atoms with Crippen molar-refractivity contribution < 1.29 is 15.0 Å². The first kappa shape index (κ1) is 9.83. The van der Waals surface area contributed by atoms with Gasteiger partial charge in [-0.25, -0.2) is 4.79 Å². The van der Waals surface area contributed by atoms with Crippen LogP contribution in [-0.4, -0.2) is 28.8 Å². The van der Waals surface area contributed by atoms with Gasteiger partial charge in [0.15, 0.2) is 0 Å². The van der Waals surface area contributed by atoms with E-state index in [1.807, 2.05) is 0 Å². The summed E-state index contributed by atoms with van der Waals surface area (Å²) in [5.74, 6) is -0.679. The minimum atomic E-state index is -0.823. The molecular weight excluding hydrogens is 194 g/mol. The Hall–Kier alpha value is -1.71. The van der Waals surface area contributed by atoms with E-state index in [0.717, 1.165) is 6.42 Å². The largest absolute Gasteiger partial charge is 0.506 e. The fourth-order valence-corrected chi connectivity index (χ4v) is 2.02. The zero-order valence-electron chi connectivity index (χ0n) is 8.26. The first-order valence-electron chi connectivity index (χ1n) is 4.97. The van der Waals surface area contributed by atoms with Crippen LogP contribution in [0, 0.1) is 0 Å². The third kappa shape index (κ3) is 1.75. The summed E-state index contributed by atoms with van der Waals surface area (Å²) in [6, 6.07) is 6.35. The average Bonchev–Trinajstić information content (AvgIpc) is 2.67. The van der Waals surface area contributed by atoms with Crippen molar-refractivity contribution in [3.05, 3.63) is 24.3 Å². The number of carboxylic acid groups (broad SMARTS) is 1. The van der Waals surface area contributed by atoms with E-state index in [-0.39, 0.29) is 5.75 Å². The second-order valence-corrected chi connectivity index (χ2v) is 3.68. The Kier molecular flexibility index (Phi) is 2.49. The van der Waals surface area contributed by atoms with Crippen molar-refractivity contribution in [1.29, 1.82) is 0 Å². The number of hydrogen-bond acceptors (Lipinski definition) is 3. The highest BCUT2D eigenvalue weighted by molar-refractivity contribution is 5.80. The van der Waals surface area contributed by atoms with Gasteiger partial charge in [-0.15, -0.1) is 0 Å². The molecule has 0 radical (unpaired) electrons. The van der Waals surface area contributed by atoms with Crippen LogP contribution in [0.3, 0.4) is 0 Å². The van der Waals surface area contributed by atoms with Crippen LogP contribution in [0.1, 0.15) is 12.8 Å². The monoisotopic (exact) mass is 207 g/mol. The van der Waals surface area contributed by atoms with Gasteiger partial charge in [0.1, 0.15) is 11.8 Å². The van der Waals surface area contributed by atoms with Crippen molar-refractivity contribution in [2.75, 3.05) is 11.4 Å². The van der Waals surface area contributed by atoms with Crippen LogP contribution in [0.15, 0.2) is 24.3 Å². The summed E-state index contributed by atoms with van der Waals surface area (Å²) in [6.07, 6.45) is 1.50. The molecule has 0 saturated carbocycles. The SMILES string of the molecule is O=C(O)C1CCCN1c1ccccc1O. The molecule has 4 nitrogen and oxygen atoms in total. The van der Waals surface area contributed by atoms with Crippen LogP contribution in [0.25, 0.3) is 0 Å². The van der Waals surface area contributed by atoms with Crippen molar-refractivity contribution >= 4 is 11.7 Å². The molecule has 1 unspecified atom stereocenters. The molecule has 1 saturated heterocycles. The summed E-state index contributed by atoms with van der Waals surface area (Å²) in [5, 5.41) is 18.6. The topological polar surface area (TPSA) is 60.8 Å². The number of para-hydroxylation sites is 2. The van der Waals surface area contributed by atoms with E-state index >= 15 is 0 Å². The molecule has 1 aliphatic heterocycles. The highest BCUT2D eigenvalue weighted by atomic mass is 16.4. The number of nitrogens with zero attached hydrogens (tertiary/aromatic N) is 1. The molecule has 2 N–H and O–H groups in total. The van der Waals surface area contributed by atoms with Gasteiger partial charge in [-0.05, 0) is 25.0 Å². The Bertz CT molecular complexity index is 378. The molecule has 1 heterocycles. The number of rotatable bonds is 2. The molecule has 4 heteroatoms. The molecule has 0 spiro atoms. The number of hydrogen-bond donors (Lipinski definition) is 2. The van der Waals surface area contributed by atoms with Crippen LogP contribution in [-0.2, 0) is 4.79 Å². The average molecular weight is 207 g/mol. The van der Waals surface area contributed by atoms with Gasteiger partial charge in [0.05, 0.1) is 5.69 Å². The number of phenolic OH excluding ortho intramolecular Hbond substituents is 1. The summed E-state index contributed by atoms with van der Waals surface area (Å²) in [6.45, 7) is 0.689. The number of benzene rings is 1. The smallest absolute Gasteiger partial charge is 0.326 e. The molecule has 0 bridgehead atoms. The van der Waals surface area contributed by atoms with Crippen LogP contribution in [0.5, 0.6) is 5.75 Å². The second-order valence-electron chi connectivity index (χ2n) is 3.68. The molecule has 0 aromatic heterocycles. The van der Waals surface area contributed by atoms with E-state index in [0.29, 0.717) is 18.7 Å². The van der Waals surface area contributed by atoms with E-state index in [1.165, 1.54) is 0 Å². The van der Waals surface area contributed by atoms with E-state index < -0.39 is 12.0 Å². The maximum absolute atomic E-state index is 11.0. The van der Waals surface area contributed by atoms with E-state index in [1.54, 1.807) is 29.2 Å². The molecule has 1 aliphatic rings. The molecule has 1 fully saturated rings. The Labute approximate surface area is 87.8 Å². The van der Waals surface area contributed by atoms with Gasteiger partial charge in [-0.1, -0.05) is 12.1 Å². The van der Waals surface area contributed by atoms with E-state index in [4.69, 9.17) is 5.11 Å².